The predicted octanol–water partition coefficient (Wildman–Crippen LogP) is 5.30. The average Bonchev–Trinajstić information content (AvgIpc) is 2.51. The molecule has 0 amide bonds. The van der Waals surface area contributed by atoms with E-state index in [1.807, 2.05) is 30.3 Å². The van der Waals surface area contributed by atoms with Crippen molar-refractivity contribution < 1.29 is 9.66 Å². The van der Waals surface area contributed by atoms with Crippen LogP contribution in [-0.2, 0) is 0 Å². The number of rotatable bonds is 3. The molecule has 4 nitrogen and oxygen atoms in total. The first-order chi connectivity index (χ1) is 10.2. The Morgan fingerprint density at radius 1 is 0.905 bits per heavy atom. The Balaban J connectivity index is 2.07. The van der Waals surface area contributed by atoms with Crippen LogP contribution in [0.1, 0.15) is 0 Å². The van der Waals surface area contributed by atoms with Gasteiger partial charge in [-0.2, -0.15) is 0 Å². The maximum absolute atomic E-state index is 11.0. The molecule has 0 aromatic heterocycles. The summed E-state index contributed by atoms with van der Waals surface area (Å²) in [5.74, 6) is 0.765. The third-order valence-electron chi connectivity index (χ3n) is 3.11. The van der Waals surface area contributed by atoms with Gasteiger partial charge in [0.1, 0.15) is 5.75 Å². The third kappa shape index (κ3) is 2.60. The van der Waals surface area contributed by atoms with Crippen molar-refractivity contribution in [2.75, 3.05) is 0 Å². The lowest BCUT2D eigenvalue weighted by molar-refractivity contribution is -0.385. The van der Waals surface area contributed by atoms with Gasteiger partial charge in [-0.15, -0.1) is 0 Å². The number of nitro groups is 1. The Hall–Kier alpha value is -2.40. The highest BCUT2D eigenvalue weighted by Crippen LogP contribution is 2.38. The quantitative estimate of drug-likeness (QED) is 0.478. The largest absolute Gasteiger partial charge is 0.449 e. The summed E-state index contributed by atoms with van der Waals surface area (Å²) in [7, 11) is 0. The smallest absolute Gasteiger partial charge is 0.311 e. The minimum Gasteiger partial charge on any atom is -0.449 e. The van der Waals surface area contributed by atoms with Crippen LogP contribution in [0.4, 0.5) is 5.69 Å². The van der Waals surface area contributed by atoms with E-state index in [0.29, 0.717) is 5.75 Å². The van der Waals surface area contributed by atoms with Gasteiger partial charge in [-0.25, -0.2) is 0 Å². The van der Waals surface area contributed by atoms with E-state index < -0.39 is 4.92 Å². The molecule has 0 unspecified atom stereocenters. The fourth-order valence-electron chi connectivity index (χ4n) is 2.11. The zero-order valence-corrected chi connectivity index (χ0v) is 12.4. The SMILES string of the molecule is O=[N+]([O-])c1ccccc1Oc1ccc2ccccc2c1Br. The van der Waals surface area contributed by atoms with Crippen molar-refractivity contribution in [2.24, 2.45) is 0 Å². The first-order valence-electron chi connectivity index (χ1n) is 6.25. The normalized spacial score (nSPS) is 10.5. The molecule has 21 heavy (non-hydrogen) atoms. The molecular weight excluding hydrogens is 334 g/mol. The molecule has 3 aromatic carbocycles. The number of nitrogens with zero attached hydrogens (tertiary/aromatic N) is 1. The van der Waals surface area contributed by atoms with Gasteiger partial charge in [-0.05, 0) is 38.8 Å². The molecule has 0 spiro atoms. The highest BCUT2D eigenvalue weighted by molar-refractivity contribution is 9.10. The average molecular weight is 344 g/mol. The molecule has 5 heteroatoms. The topological polar surface area (TPSA) is 52.4 Å². The molecule has 0 saturated carbocycles. The molecule has 0 bridgehead atoms. The van der Waals surface area contributed by atoms with Crippen LogP contribution in [0.5, 0.6) is 11.5 Å². The molecule has 3 aromatic rings. The lowest BCUT2D eigenvalue weighted by atomic mass is 10.1. The summed E-state index contributed by atoms with van der Waals surface area (Å²) in [4.78, 5) is 10.6. The van der Waals surface area contributed by atoms with E-state index in [2.05, 4.69) is 15.9 Å². The second-order valence-corrected chi connectivity index (χ2v) is 5.22. The van der Waals surface area contributed by atoms with E-state index >= 15 is 0 Å². The summed E-state index contributed by atoms with van der Waals surface area (Å²) >= 11 is 3.51. The summed E-state index contributed by atoms with van der Waals surface area (Å²) in [6, 6.07) is 17.9. The Morgan fingerprint density at radius 3 is 2.43 bits per heavy atom. The van der Waals surface area contributed by atoms with Crippen LogP contribution in [-0.4, -0.2) is 4.92 Å². The van der Waals surface area contributed by atoms with E-state index in [1.165, 1.54) is 6.07 Å². The van der Waals surface area contributed by atoms with Crippen molar-refractivity contribution >= 4 is 32.4 Å². The number of hydrogen-bond acceptors (Lipinski definition) is 3. The number of benzene rings is 3. The molecule has 0 heterocycles. The van der Waals surface area contributed by atoms with Crippen molar-refractivity contribution in [1.29, 1.82) is 0 Å². The van der Waals surface area contributed by atoms with Crippen molar-refractivity contribution in [3.63, 3.8) is 0 Å². The monoisotopic (exact) mass is 343 g/mol. The van der Waals surface area contributed by atoms with Crippen molar-refractivity contribution in [1.82, 2.24) is 0 Å². The van der Waals surface area contributed by atoms with Crippen LogP contribution >= 0.6 is 15.9 Å². The van der Waals surface area contributed by atoms with E-state index in [4.69, 9.17) is 4.74 Å². The Labute approximate surface area is 129 Å². The Bertz CT molecular complexity index is 833. The third-order valence-corrected chi connectivity index (χ3v) is 3.93. The van der Waals surface area contributed by atoms with Crippen LogP contribution in [0.3, 0.4) is 0 Å². The van der Waals surface area contributed by atoms with Gasteiger partial charge >= 0.3 is 5.69 Å². The maximum atomic E-state index is 11.0. The van der Waals surface area contributed by atoms with Crippen molar-refractivity contribution in [3.8, 4) is 11.5 Å². The van der Waals surface area contributed by atoms with Crippen LogP contribution in [0, 0.1) is 10.1 Å². The molecule has 0 atom stereocenters. The molecule has 3 rings (SSSR count). The molecule has 0 aliphatic carbocycles. The molecule has 0 aliphatic rings. The predicted molar refractivity (Wildman–Crippen MR) is 84.8 cm³/mol. The zero-order chi connectivity index (χ0) is 14.8. The van der Waals surface area contributed by atoms with Gasteiger partial charge in [-0.3, -0.25) is 10.1 Å². The highest BCUT2D eigenvalue weighted by atomic mass is 79.9. The van der Waals surface area contributed by atoms with E-state index in [9.17, 15) is 10.1 Å². The van der Waals surface area contributed by atoms with Crippen molar-refractivity contribution in [3.05, 3.63) is 75.3 Å². The van der Waals surface area contributed by atoms with Gasteiger partial charge in [-0.1, -0.05) is 42.5 Å². The van der Waals surface area contributed by atoms with Gasteiger partial charge in [0.25, 0.3) is 0 Å². The fraction of sp³-hybridized carbons (Fsp3) is 0. The number of hydrogen-bond donors (Lipinski definition) is 0. The second-order valence-electron chi connectivity index (χ2n) is 4.43. The molecule has 0 aliphatic heterocycles. The number of fused-ring (bicyclic) bond motifs is 1. The summed E-state index contributed by atoms with van der Waals surface area (Å²) in [5.41, 5.74) is -0.0578. The van der Waals surface area contributed by atoms with Crippen molar-refractivity contribution in [2.45, 2.75) is 0 Å². The van der Waals surface area contributed by atoms with E-state index in [0.717, 1.165) is 15.2 Å². The maximum Gasteiger partial charge on any atom is 0.311 e. The van der Waals surface area contributed by atoms with E-state index in [1.54, 1.807) is 24.3 Å². The van der Waals surface area contributed by atoms with Crippen LogP contribution in [0.2, 0.25) is 0 Å². The Morgan fingerprint density at radius 2 is 1.62 bits per heavy atom. The Kier molecular flexibility index (Phi) is 3.58. The summed E-state index contributed by atoms with van der Waals surface area (Å²) in [6.07, 6.45) is 0. The van der Waals surface area contributed by atoms with Gasteiger partial charge in [0.2, 0.25) is 5.75 Å². The zero-order valence-electron chi connectivity index (χ0n) is 10.8. The van der Waals surface area contributed by atoms with Crippen LogP contribution in [0.15, 0.2) is 65.1 Å². The van der Waals surface area contributed by atoms with E-state index in [-0.39, 0.29) is 11.4 Å². The number of nitro benzene ring substituents is 1. The second kappa shape index (κ2) is 5.54. The molecule has 0 N–H and O–H groups in total. The van der Waals surface area contributed by atoms with Gasteiger partial charge in [0.15, 0.2) is 0 Å². The van der Waals surface area contributed by atoms with Gasteiger partial charge in [0.05, 0.1) is 9.40 Å². The van der Waals surface area contributed by atoms with Gasteiger partial charge in [0, 0.05) is 6.07 Å². The standard InChI is InChI=1S/C16H10BrNO3/c17-16-12-6-2-1-5-11(12)9-10-15(16)21-14-8-4-3-7-13(14)18(19)20/h1-10H. The lowest BCUT2D eigenvalue weighted by Crippen LogP contribution is -1.93. The summed E-state index contributed by atoms with van der Waals surface area (Å²) < 4.78 is 6.50. The number of halogens is 1. The van der Waals surface area contributed by atoms with Crippen LogP contribution in [0.25, 0.3) is 10.8 Å². The van der Waals surface area contributed by atoms with Crippen LogP contribution < -0.4 is 4.74 Å². The molecule has 0 radical (unpaired) electrons. The van der Waals surface area contributed by atoms with Gasteiger partial charge < -0.3 is 4.74 Å². The first-order valence-corrected chi connectivity index (χ1v) is 7.04. The molecule has 104 valence electrons. The first kappa shape index (κ1) is 13.6. The lowest BCUT2D eigenvalue weighted by Gasteiger charge is -2.10. The molecular formula is C16H10BrNO3. The molecule has 0 saturated heterocycles. The summed E-state index contributed by atoms with van der Waals surface area (Å²) in [6.45, 7) is 0. The highest BCUT2D eigenvalue weighted by Gasteiger charge is 2.16. The fourth-order valence-corrected chi connectivity index (χ4v) is 2.68. The summed E-state index contributed by atoms with van der Waals surface area (Å²) in [5, 5.41) is 13.1. The number of para-hydroxylation sites is 2. The minimum atomic E-state index is -0.454. The minimum absolute atomic E-state index is 0.0578. The molecule has 0 fully saturated rings. The number of ether oxygens (including phenoxy) is 1.